The largest absolute Gasteiger partial charge is 0.397 e. The van der Waals surface area contributed by atoms with E-state index in [1.54, 1.807) is 10.6 Å². The van der Waals surface area contributed by atoms with Crippen molar-refractivity contribution in [1.29, 1.82) is 0 Å². The molecule has 0 spiro atoms. The molecule has 0 unspecified atom stereocenters. The fourth-order valence-corrected chi connectivity index (χ4v) is 1.90. The Balaban J connectivity index is 3.13. The van der Waals surface area contributed by atoms with Crippen LogP contribution in [0, 0.1) is 0 Å². The van der Waals surface area contributed by atoms with Crippen molar-refractivity contribution < 1.29 is 0 Å². The van der Waals surface area contributed by atoms with Crippen LogP contribution < -0.4 is 10.6 Å². The fourth-order valence-electron chi connectivity index (χ4n) is 1.90. The van der Waals surface area contributed by atoms with Crippen molar-refractivity contribution in [1.82, 2.24) is 4.48 Å². The van der Waals surface area contributed by atoms with Crippen molar-refractivity contribution in [3.63, 3.8) is 0 Å². The summed E-state index contributed by atoms with van der Waals surface area (Å²) < 4.78 is 1.71. The molecule has 0 saturated carbocycles. The van der Waals surface area contributed by atoms with Crippen LogP contribution in [-0.2, 0) is 0 Å². The van der Waals surface area contributed by atoms with Crippen LogP contribution in [0.1, 0.15) is 6.92 Å². The molecule has 1 aromatic carbocycles. The average Bonchev–Trinajstić information content (AvgIpc) is 2.54. The first-order valence-corrected chi connectivity index (χ1v) is 4.93. The molecule has 0 amide bonds. The standard InChI is InChI=1S/C13H12BN/c1-3-7-10-11-8-5-6-9-13(11)15(14)12(10)4-2/h3-9H,1H2,2H3/b10-7-,12-4+. The van der Waals surface area contributed by atoms with E-state index in [2.05, 4.69) is 12.6 Å². The Bertz CT molecular complexity index is 620. The molecule has 2 aromatic rings. The van der Waals surface area contributed by atoms with E-state index < -0.39 is 0 Å². The van der Waals surface area contributed by atoms with Gasteiger partial charge in [-0.05, 0) is 13.0 Å². The Morgan fingerprint density at radius 1 is 1.33 bits per heavy atom. The summed E-state index contributed by atoms with van der Waals surface area (Å²) in [5.74, 6) is 0. The van der Waals surface area contributed by atoms with Crippen molar-refractivity contribution in [3.8, 4) is 0 Å². The Kier molecular flexibility index (Phi) is 2.50. The maximum Gasteiger partial charge on any atom is 0.234 e. The van der Waals surface area contributed by atoms with Gasteiger partial charge in [0.2, 0.25) is 7.98 Å². The molecule has 0 aliphatic carbocycles. The molecule has 2 rings (SSSR count). The molecular weight excluding hydrogens is 181 g/mol. The number of aromatic nitrogens is 1. The van der Waals surface area contributed by atoms with Gasteiger partial charge in [-0.25, -0.2) is 0 Å². The lowest BCUT2D eigenvalue weighted by Gasteiger charge is -1.94. The van der Waals surface area contributed by atoms with E-state index in [0.717, 1.165) is 21.5 Å². The van der Waals surface area contributed by atoms with Crippen LogP contribution in [0.15, 0.2) is 36.9 Å². The zero-order chi connectivity index (χ0) is 10.8. The van der Waals surface area contributed by atoms with E-state index in [1.165, 1.54) is 0 Å². The molecule has 0 N–H and O–H groups in total. The number of para-hydroxylation sites is 1. The highest BCUT2D eigenvalue weighted by atomic mass is 14.9. The first kappa shape index (κ1) is 9.84. The molecule has 2 heteroatoms. The Morgan fingerprint density at radius 3 is 2.73 bits per heavy atom. The quantitative estimate of drug-likeness (QED) is 0.602. The number of nitrogens with zero attached hydrogens (tertiary/aromatic N) is 1. The minimum absolute atomic E-state index is 1.02. The lowest BCUT2D eigenvalue weighted by atomic mass is 10.2. The highest BCUT2D eigenvalue weighted by Gasteiger charge is 2.01. The van der Waals surface area contributed by atoms with E-state index >= 15 is 0 Å². The van der Waals surface area contributed by atoms with Crippen LogP contribution >= 0.6 is 0 Å². The van der Waals surface area contributed by atoms with Gasteiger partial charge in [-0.15, -0.1) is 0 Å². The minimum atomic E-state index is 1.02. The van der Waals surface area contributed by atoms with Gasteiger partial charge in [0, 0.05) is 21.5 Å². The highest BCUT2D eigenvalue weighted by molar-refractivity contribution is 6.11. The second-order valence-electron chi connectivity index (χ2n) is 3.38. The molecule has 0 bridgehead atoms. The summed E-state index contributed by atoms with van der Waals surface area (Å²) in [7, 11) is 6.01. The van der Waals surface area contributed by atoms with Gasteiger partial charge in [-0.2, -0.15) is 0 Å². The normalized spacial score (nSPS) is 13.7. The van der Waals surface area contributed by atoms with Crippen LogP contribution in [0.3, 0.4) is 0 Å². The summed E-state index contributed by atoms with van der Waals surface area (Å²) in [4.78, 5) is 0. The van der Waals surface area contributed by atoms with Crippen LogP contribution in [0.25, 0.3) is 23.1 Å². The molecular formula is C13H12BN. The Labute approximate surface area is 90.5 Å². The second-order valence-corrected chi connectivity index (χ2v) is 3.38. The van der Waals surface area contributed by atoms with Crippen LogP contribution in [0.5, 0.6) is 0 Å². The number of rotatable bonds is 1. The van der Waals surface area contributed by atoms with Gasteiger partial charge >= 0.3 is 0 Å². The first-order chi connectivity index (χ1) is 7.29. The Hall–Kier alpha value is -1.70. The van der Waals surface area contributed by atoms with Crippen LogP contribution in [-0.4, -0.2) is 12.5 Å². The van der Waals surface area contributed by atoms with E-state index in [4.69, 9.17) is 7.98 Å². The minimum Gasteiger partial charge on any atom is -0.397 e. The SMILES string of the molecule is [B]n1c(=C/C)/c(=C\C=C)c2ccccc21. The van der Waals surface area contributed by atoms with Gasteiger partial charge in [0.1, 0.15) is 0 Å². The molecule has 0 aliphatic heterocycles. The number of allylic oxidation sites excluding steroid dienone is 1. The van der Waals surface area contributed by atoms with E-state index in [0.29, 0.717) is 0 Å². The highest BCUT2D eigenvalue weighted by Crippen LogP contribution is 2.05. The summed E-state index contributed by atoms with van der Waals surface area (Å²) in [5, 5.41) is 3.31. The van der Waals surface area contributed by atoms with Crippen molar-refractivity contribution in [2.45, 2.75) is 6.92 Å². The molecule has 0 atom stereocenters. The van der Waals surface area contributed by atoms with Gasteiger partial charge in [0.05, 0.1) is 0 Å². The molecule has 15 heavy (non-hydrogen) atoms. The number of benzene rings is 1. The van der Waals surface area contributed by atoms with E-state index in [-0.39, 0.29) is 0 Å². The molecule has 1 nitrogen and oxygen atoms in total. The third-order valence-electron chi connectivity index (χ3n) is 2.55. The van der Waals surface area contributed by atoms with Crippen molar-refractivity contribution in [2.24, 2.45) is 0 Å². The van der Waals surface area contributed by atoms with Gasteiger partial charge in [0.15, 0.2) is 0 Å². The van der Waals surface area contributed by atoms with Gasteiger partial charge in [-0.3, -0.25) is 0 Å². The lowest BCUT2D eigenvalue weighted by Crippen LogP contribution is -2.27. The zero-order valence-electron chi connectivity index (χ0n) is 8.77. The fraction of sp³-hybridized carbons (Fsp3) is 0.0769. The molecule has 0 saturated heterocycles. The topological polar surface area (TPSA) is 4.93 Å². The van der Waals surface area contributed by atoms with Gasteiger partial charge in [0.25, 0.3) is 0 Å². The summed E-state index contributed by atoms with van der Waals surface area (Å²) in [6, 6.07) is 8.09. The number of fused-ring (bicyclic) bond motifs is 1. The molecule has 72 valence electrons. The molecule has 0 fully saturated rings. The first-order valence-electron chi connectivity index (χ1n) is 4.93. The predicted molar refractivity (Wildman–Crippen MR) is 67.1 cm³/mol. The maximum absolute atomic E-state index is 6.01. The monoisotopic (exact) mass is 193 g/mol. The summed E-state index contributed by atoms with van der Waals surface area (Å²) in [6.45, 7) is 5.71. The number of hydrogen-bond acceptors (Lipinski definition) is 0. The lowest BCUT2D eigenvalue weighted by molar-refractivity contribution is 1.23. The van der Waals surface area contributed by atoms with Crippen LogP contribution in [0.4, 0.5) is 0 Å². The average molecular weight is 193 g/mol. The molecule has 0 aliphatic rings. The van der Waals surface area contributed by atoms with Gasteiger partial charge < -0.3 is 4.48 Å². The second kappa shape index (κ2) is 3.81. The number of hydrogen-bond donors (Lipinski definition) is 0. The zero-order valence-corrected chi connectivity index (χ0v) is 8.77. The molecule has 1 aromatic heterocycles. The Morgan fingerprint density at radius 2 is 2.07 bits per heavy atom. The maximum atomic E-state index is 6.01. The molecule has 1 heterocycles. The summed E-state index contributed by atoms with van der Waals surface area (Å²) in [6.07, 6.45) is 5.78. The van der Waals surface area contributed by atoms with Crippen molar-refractivity contribution in [3.05, 3.63) is 47.5 Å². The summed E-state index contributed by atoms with van der Waals surface area (Å²) in [5.41, 5.74) is 1.04. The third kappa shape index (κ3) is 1.42. The van der Waals surface area contributed by atoms with E-state index in [1.807, 2.05) is 37.3 Å². The molecule has 2 radical (unpaired) electrons. The van der Waals surface area contributed by atoms with Gasteiger partial charge in [-0.1, -0.05) is 43.0 Å². The van der Waals surface area contributed by atoms with E-state index in [9.17, 15) is 0 Å². The third-order valence-corrected chi connectivity index (χ3v) is 2.55. The smallest absolute Gasteiger partial charge is 0.234 e. The predicted octanol–water partition coefficient (Wildman–Crippen LogP) is 1.34. The van der Waals surface area contributed by atoms with Crippen LogP contribution in [0.2, 0.25) is 0 Å². The van der Waals surface area contributed by atoms with Crippen molar-refractivity contribution in [2.75, 3.05) is 0 Å². The van der Waals surface area contributed by atoms with Crippen molar-refractivity contribution >= 4 is 31.0 Å². The summed E-state index contributed by atoms with van der Waals surface area (Å²) >= 11 is 0.